The molecule has 0 heterocycles. The summed E-state index contributed by atoms with van der Waals surface area (Å²) in [6, 6.07) is 9.17. The van der Waals surface area contributed by atoms with Crippen LogP contribution in [0, 0.1) is 12.3 Å². The summed E-state index contributed by atoms with van der Waals surface area (Å²) in [7, 11) is 0. The van der Waals surface area contributed by atoms with E-state index in [1.54, 1.807) is 5.56 Å². The fourth-order valence-electron chi connectivity index (χ4n) is 3.75. The SMILES string of the molecule is Cc1cccc(C2(CNC(C)(C)C)CC3(CC3)C2)c1. The van der Waals surface area contributed by atoms with E-state index >= 15 is 0 Å². The third kappa shape index (κ3) is 2.58. The predicted octanol–water partition coefficient (Wildman–Crippen LogP) is 4.19. The van der Waals surface area contributed by atoms with Crippen molar-refractivity contribution in [1.82, 2.24) is 5.32 Å². The van der Waals surface area contributed by atoms with Gasteiger partial charge in [-0.1, -0.05) is 29.8 Å². The normalized spacial score (nSPS) is 23.2. The third-order valence-electron chi connectivity index (χ3n) is 4.97. The summed E-state index contributed by atoms with van der Waals surface area (Å²) < 4.78 is 0. The molecule has 0 unspecified atom stereocenters. The highest BCUT2D eigenvalue weighted by Gasteiger charge is 2.61. The van der Waals surface area contributed by atoms with Crippen LogP contribution in [0.4, 0.5) is 0 Å². The van der Waals surface area contributed by atoms with Gasteiger partial charge in [-0.15, -0.1) is 0 Å². The van der Waals surface area contributed by atoms with Gasteiger partial charge in [-0.2, -0.15) is 0 Å². The van der Waals surface area contributed by atoms with Gasteiger partial charge in [0.1, 0.15) is 0 Å². The summed E-state index contributed by atoms with van der Waals surface area (Å²) in [5.74, 6) is 0. The highest BCUT2D eigenvalue weighted by atomic mass is 15.0. The number of hydrogen-bond acceptors (Lipinski definition) is 1. The first-order valence-corrected chi connectivity index (χ1v) is 7.65. The number of rotatable bonds is 3. The van der Waals surface area contributed by atoms with Gasteiger partial charge in [0.2, 0.25) is 0 Å². The molecule has 2 saturated carbocycles. The molecule has 0 radical (unpaired) electrons. The minimum absolute atomic E-state index is 0.211. The number of benzene rings is 1. The van der Waals surface area contributed by atoms with Gasteiger partial charge in [-0.05, 0) is 64.4 Å². The Balaban J connectivity index is 1.81. The van der Waals surface area contributed by atoms with Crippen molar-refractivity contribution < 1.29 is 0 Å². The summed E-state index contributed by atoms with van der Waals surface area (Å²) in [4.78, 5) is 0. The average molecular weight is 257 g/mol. The van der Waals surface area contributed by atoms with E-state index in [0.717, 1.165) is 12.0 Å². The molecular formula is C18H27N. The van der Waals surface area contributed by atoms with Crippen LogP contribution in [-0.4, -0.2) is 12.1 Å². The largest absolute Gasteiger partial charge is 0.311 e. The van der Waals surface area contributed by atoms with Crippen molar-refractivity contribution >= 4 is 0 Å². The maximum atomic E-state index is 3.75. The van der Waals surface area contributed by atoms with Gasteiger partial charge < -0.3 is 5.32 Å². The Morgan fingerprint density at radius 1 is 1.16 bits per heavy atom. The first-order chi connectivity index (χ1) is 8.83. The first kappa shape index (κ1) is 13.2. The predicted molar refractivity (Wildman–Crippen MR) is 81.5 cm³/mol. The zero-order valence-electron chi connectivity index (χ0n) is 12.8. The standard InChI is InChI=1S/C18H27N/c1-14-6-5-7-15(10-14)18(13-19-16(2,3)4)11-17(12-18)8-9-17/h5-7,10,19H,8-9,11-13H2,1-4H3. The molecule has 0 saturated heterocycles. The Bertz CT molecular complexity index is 469. The summed E-state index contributed by atoms with van der Waals surface area (Å²) in [6.45, 7) is 10.1. The molecule has 104 valence electrons. The average Bonchev–Trinajstić information content (AvgIpc) is 3.03. The van der Waals surface area contributed by atoms with Gasteiger partial charge in [-0.3, -0.25) is 0 Å². The van der Waals surface area contributed by atoms with Crippen molar-refractivity contribution in [3.05, 3.63) is 35.4 Å². The van der Waals surface area contributed by atoms with E-state index in [0.29, 0.717) is 5.41 Å². The van der Waals surface area contributed by atoms with Gasteiger partial charge in [0.15, 0.2) is 0 Å². The lowest BCUT2D eigenvalue weighted by Gasteiger charge is -2.50. The first-order valence-electron chi connectivity index (χ1n) is 7.65. The van der Waals surface area contributed by atoms with Crippen molar-refractivity contribution in [1.29, 1.82) is 0 Å². The number of nitrogens with one attached hydrogen (secondary N) is 1. The van der Waals surface area contributed by atoms with E-state index < -0.39 is 0 Å². The maximum Gasteiger partial charge on any atom is 0.00968 e. The Kier molecular flexibility index (Phi) is 2.83. The lowest BCUT2D eigenvalue weighted by atomic mass is 9.56. The highest BCUT2D eigenvalue weighted by molar-refractivity contribution is 5.36. The summed E-state index contributed by atoms with van der Waals surface area (Å²) in [5, 5.41) is 3.75. The Hall–Kier alpha value is -0.820. The monoisotopic (exact) mass is 257 g/mol. The molecule has 19 heavy (non-hydrogen) atoms. The van der Waals surface area contributed by atoms with Crippen LogP contribution in [0.3, 0.4) is 0 Å². The molecule has 1 nitrogen and oxygen atoms in total. The van der Waals surface area contributed by atoms with Crippen LogP contribution in [0.1, 0.15) is 57.6 Å². The van der Waals surface area contributed by atoms with E-state index in [1.165, 1.54) is 31.2 Å². The fourth-order valence-corrected chi connectivity index (χ4v) is 3.75. The molecule has 1 aromatic rings. The zero-order chi connectivity index (χ0) is 13.7. The third-order valence-corrected chi connectivity index (χ3v) is 4.97. The van der Waals surface area contributed by atoms with Crippen molar-refractivity contribution in [2.24, 2.45) is 5.41 Å². The number of hydrogen-bond donors (Lipinski definition) is 1. The minimum Gasteiger partial charge on any atom is -0.311 e. The molecule has 1 heteroatoms. The molecule has 0 aliphatic heterocycles. The Morgan fingerprint density at radius 2 is 1.84 bits per heavy atom. The molecule has 1 N–H and O–H groups in total. The molecule has 2 fully saturated rings. The van der Waals surface area contributed by atoms with Gasteiger partial charge in [0, 0.05) is 17.5 Å². The van der Waals surface area contributed by atoms with Crippen LogP contribution in [0.5, 0.6) is 0 Å². The van der Waals surface area contributed by atoms with Gasteiger partial charge in [-0.25, -0.2) is 0 Å². The van der Waals surface area contributed by atoms with E-state index in [4.69, 9.17) is 0 Å². The maximum absolute atomic E-state index is 3.75. The number of aryl methyl sites for hydroxylation is 1. The molecule has 2 aliphatic rings. The van der Waals surface area contributed by atoms with Crippen LogP contribution in [0.15, 0.2) is 24.3 Å². The van der Waals surface area contributed by atoms with Crippen LogP contribution >= 0.6 is 0 Å². The molecule has 1 spiro atoms. The second kappa shape index (κ2) is 4.09. The molecular weight excluding hydrogens is 230 g/mol. The smallest absolute Gasteiger partial charge is 0.00968 e. The van der Waals surface area contributed by atoms with Crippen molar-refractivity contribution in [2.45, 2.75) is 64.3 Å². The van der Waals surface area contributed by atoms with E-state index in [2.05, 4.69) is 57.3 Å². The van der Waals surface area contributed by atoms with Crippen LogP contribution in [-0.2, 0) is 5.41 Å². The second-order valence-electron chi connectivity index (χ2n) is 8.11. The molecule has 3 rings (SSSR count). The summed E-state index contributed by atoms with van der Waals surface area (Å²) in [5.41, 5.74) is 4.30. The lowest BCUT2D eigenvalue weighted by Crippen LogP contribution is -2.53. The molecule has 2 aliphatic carbocycles. The van der Waals surface area contributed by atoms with Crippen molar-refractivity contribution in [3.8, 4) is 0 Å². The summed E-state index contributed by atoms with van der Waals surface area (Å²) in [6.07, 6.45) is 5.73. The van der Waals surface area contributed by atoms with E-state index in [1.807, 2.05) is 0 Å². The zero-order valence-corrected chi connectivity index (χ0v) is 12.8. The molecule has 0 amide bonds. The molecule has 0 aromatic heterocycles. The topological polar surface area (TPSA) is 12.0 Å². The van der Waals surface area contributed by atoms with E-state index in [-0.39, 0.29) is 5.54 Å². The lowest BCUT2D eigenvalue weighted by molar-refractivity contribution is 0.108. The quantitative estimate of drug-likeness (QED) is 0.856. The molecule has 0 bridgehead atoms. The second-order valence-corrected chi connectivity index (χ2v) is 8.11. The minimum atomic E-state index is 0.211. The molecule has 1 aromatic carbocycles. The Morgan fingerprint density at radius 3 is 2.37 bits per heavy atom. The Labute approximate surface area is 117 Å². The van der Waals surface area contributed by atoms with Gasteiger partial charge in [0.05, 0.1) is 0 Å². The van der Waals surface area contributed by atoms with Crippen molar-refractivity contribution in [3.63, 3.8) is 0 Å². The molecule has 0 atom stereocenters. The van der Waals surface area contributed by atoms with E-state index in [9.17, 15) is 0 Å². The fraction of sp³-hybridized carbons (Fsp3) is 0.667. The highest BCUT2D eigenvalue weighted by Crippen LogP contribution is 2.68. The van der Waals surface area contributed by atoms with Crippen LogP contribution in [0.2, 0.25) is 0 Å². The van der Waals surface area contributed by atoms with Crippen LogP contribution in [0.25, 0.3) is 0 Å². The van der Waals surface area contributed by atoms with Crippen LogP contribution < -0.4 is 5.32 Å². The van der Waals surface area contributed by atoms with Gasteiger partial charge in [0.25, 0.3) is 0 Å². The van der Waals surface area contributed by atoms with Crippen molar-refractivity contribution in [2.75, 3.05) is 6.54 Å². The van der Waals surface area contributed by atoms with Gasteiger partial charge >= 0.3 is 0 Å². The summed E-state index contributed by atoms with van der Waals surface area (Å²) >= 11 is 0.